The molecular weight excluding hydrogens is 428 g/mol. The second-order valence-corrected chi connectivity index (χ2v) is 6.86. The number of pyridine rings is 1. The summed E-state index contributed by atoms with van der Waals surface area (Å²) in [6, 6.07) is 12.8. The molecule has 4 aromatic rings. The minimum atomic E-state index is -0.978. The summed E-state index contributed by atoms with van der Waals surface area (Å²) in [5.74, 6) is 0.260. The van der Waals surface area contributed by atoms with Crippen LogP contribution in [-0.4, -0.2) is 47.2 Å². The average Bonchev–Trinajstić information content (AvgIpc) is 2.86. The quantitative estimate of drug-likeness (QED) is 0.338. The van der Waals surface area contributed by atoms with Crippen molar-refractivity contribution in [2.45, 2.75) is 0 Å². The maximum atomic E-state index is 12.7. The monoisotopic (exact) mass is 448 g/mol. The fourth-order valence-corrected chi connectivity index (χ4v) is 3.44. The number of fused-ring (bicyclic) bond motifs is 1. The lowest BCUT2D eigenvalue weighted by Crippen LogP contribution is -2.28. The second kappa shape index (κ2) is 8.87. The summed E-state index contributed by atoms with van der Waals surface area (Å²) in [4.78, 5) is 33.3. The summed E-state index contributed by atoms with van der Waals surface area (Å²) in [5.41, 5.74) is 0.980. The molecule has 0 bridgehead atoms. The first-order chi connectivity index (χ1) is 16.0. The Hall–Kier alpha value is -4.60. The van der Waals surface area contributed by atoms with Gasteiger partial charge in [-0.2, -0.15) is 0 Å². The van der Waals surface area contributed by atoms with Crippen molar-refractivity contribution in [2.75, 3.05) is 26.6 Å². The molecule has 0 atom stereocenters. The van der Waals surface area contributed by atoms with E-state index in [0.29, 0.717) is 17.2 Å². The molecule has 0 saturated heterocycles. The van der Waals surface area contributed by atoms with Crippen LogP contribution < -0.4 is 20.3 Å². The molecule has 0 aliphatic heterocycles. The first-order valence-corrected chi connectivity index (χ1v) is 9.75. The fraction of sp³-hybridized carbons (Fsp3) is 0.130. The molecule has 0 spiro atoms. The summed E-state index contributed by atoms with van der Waals surface area (Å²) in [7, 11) is 4.27. The molecule has 10 nitrogen and oxygen atoms in total. The van der Waals surface area contributed by atoms with Crippen LogP contribution in [0.25, 0.3) is 22.3 Å². The largest absolute Gasteiger partial charge is 0.493 e. The number of carbonyl (C=O) groups excluding carboxylic acids is 1. The highest BCUT2D eigenvalue weighted by molar-refractivity contribution is 6.04. The lowest BCUT2D eigenvalue weighted by molar-refractivity contribution is 0.0594. The van der Waals surface area contributed by atoms with Crippen LogP contribution in [0.3, 0.4) is 0 Å². The molecule has 0 amide bonds. The van der Waals surface area contributed by atoms with Crippen LogP contribution in [0.4, 0.5) is 11.4 Å². The van der Waals surface area contributed by atoms with Crippen molar-refractivity contribution in [2.24, 2.45) is 0 Å². The van der Waals surface area contributed by atoms with Crippen molar-refractivity contribution < 1.29 is 24.2 Å². The Morgan fingerprint density at radius 3 is 2.42 bits per heavy atom. The summed E-state index contributed by atoms with van der Waals surface area (Å²) in [6.07, 6.45) is 2.72. The number of aromatic nitrogens is 3. The first-order valence-electron chi connectivity index (χ1n) is 9.75. The number of nitrogens with one attached hydrogen (secondary N) is 1. The van der Waals surface area contributed by atoms with Gasteiger partial charge in [0.25, 0.3) is 0 Å². The maximum Gasteiger partial charge on any atom is 0.345 e. The van der Waals surface area contributed by atoms with Crippen molar-refractivity contribution in [1.29, 1.82) is 0 Å². The van der Waals surface area contributed by atoms with Crippen LogP contribution in [0, 0.1) is 0 Å². The Balaban J connectivity index is 1.84. The van der Waals surface area contributed by atoms with E-state index >= 15 is 0 Å². The van der Waals surface area contributed by atoms with E-state index in [0.717, 1.165) is 18.2 Å². The van der Waals surface area contributed by atoms with Gasteiger partial charge in [-0.1, -0.05) is 18.2 Å². The van der Waals surface area contributed by atoms with Crippen molar-refractivity contribution >= 4 is 28.5 Å². The average molecular weight is 448 g/mol. The van der Waals surface area contributed by atoms with Crippen LogP contribution in [0.5, 0.6) is 11.5 Å². The number of esters is 1. The number of rotatable bonds is 6. The molecule has 2 heterocycles. The van der Waals surface area contributed by atoms with Crippen LogP contribution >= 0.6 is 0 Å². The molecule has 0 saturated carbocycles. The highest BCUT2D eigenvalue weighted by Gasteiger charge is 2.25. The molecular formula is C23H20N4O6. The topological polar surface area (TPSA) is 125 Å². The number of hydrogen-bond acceptors (Lipinski definition) is 9. The summed E-state index contributed by atoms with van der Waals surface area (Å²) in [6.45, 7) is 0. The Bertz CT molecular complexity index is 1420. The van der Waals surface area contributed by atoms with Crippen molar-refractivity contribution in [1.82, 2.24) is 14.7 Å². The van der Waals surface area contributed by atoms with Crippen molar-refractivity contribution in [3.8, 4) is 22.6 Å². The number of anilines is 2. The van der Waals surface area contributed by atoms with Gasteiger partial charge in [-0.3, -0.25) is 4.79 Å². The molecule has 33 heavy (non-hydrogen) atoms. The van der Waals surface area contributed by atoms with Crippen LogP contribution in [0.15, 0.2) is 59.7 Å². The normalized spacial score (nSPS) is 10.6. The van der Waals surface area contributed by atoms with Gasteiger partial charge in [0.1, 0.15) is 5.52 Å². The maximum absolute atomic E-state index is 12.7. The van der Waals surface area contributed by atoms with Crippen LogP contribution in [0.2, 0.25) is 0 Å². The Labute approximate surface area is 188 Å². The minimum absolute atomic E-state index is 0.0738. The van der Waals surface area contributed by atoms with Gasteiger partial charge in [0.15, 0.2) is 17.1 Å². The molecule has 4 rings (SSSR count). The molecule has 2 aromatic carbocycles. The molecule has 168 valence electrons. The molecule has 2 aromatic heterocycles. The summed E-state index contributed by atoms with van der Waals surface area (Å²) in [5, 5.41) is 13.3. The number of ether oxygens (including phenoxy) is 3. The van der Waals surface area contributed by atoms with Gasteiger partial charge in [0.05, 0.1) is 27.0 Å². The number of methoxy groups -OCH3 is 3. The molecule has 0 unspecified atom stereocenters. The molecule has 0 fully saturated rings. The summed E-state index contributed by atoms with van der Waals surface area (Å²) < 4.78 is 15.7. The third kappa shape index (κ3) is 3.89. The highest BCUT2D eigenvalue weighted by Crippen LogP contribution is 2.34. The molecule has 10 heteroatoms. The Morgan fingerprint density at radius 2 is 1.70 bits per heavy atom. The second-order valence-electron chi connectivity index (χ2n) is 6.86. The van der Waals surface area contributed by atoms with Crippen LogP contribution in [-0.2, 0) is 4.74 Å². The predicted octanol–water partition coefficient (Wildman–Crippen LogP) is 3.24. The SMILES string of the molecule is COC(=O)c1c(Nc2cccc(-c3ccc(OC)c(OC)c3)c2)c2nccnc2n(O)c1=O. The van der Waals surface area contributed by atoms with Gasteiger partial charge in [0.2, 0.25) is 5.65 Å². The first kappa shape index (κ1) is 21.6. The number of hydrogen-bond donors (Lipinski definition) is 2. The zero-order valence-electron chi connectivity index (χ0n) is 18.0. The smallest absolute Gasteiger partial charge is 0.345 e. The van der Waals surface area contributed by atoms with E-state index < -0.39 is 17.1 Å². The molecule has 2 N–H and O–H groups in total. The number of nitrogens with zero attached hydrogens (tertiary/aromatic N) is 3. The number of benzene rings is 2. The van der Waals surface area contributed by atoms with E-state index in [9.17, 15) is 14.8 Å². The third-order valence-electron chi connectivity index (χ3n) is 5.01. The molecule has 0 aliphatic rings. The van der Waals surface area contributed by atoms with E-state index in [4.69, 9.17) is 14.2 Å². The molecule has 0 radical (unpaired) electrons. The van der Waals surface area contributed by atoms with Gasteiger partial charge in [-0.25, -0.2) is 14.8 Å². The van der Waals surface area contributed by atoms with E-state index in [1.807, 2.05) is 30.3 Å². The van der Waals surface area contributed by atoms with E-state index in [1.165, 1.54) is 12.4 Å². The Morgan fingerprint density at radius 1 is 0.970 bits per heavy atom. The Kier molecular flexibility index (Phi) is 5.81. The van der Waals surface area contributed by atoms with Crippen molar-refractivity contribution in [3.63, 3.8) is 0 Å². The van der Waals surface area contributed by atoms with Gasteiger partial charge < -0.3 is 24.7 Å². The predicted molar refractivity (Wildman–Crippen MR) is 121 cm³/mol. The van der Waals surface area contributed by atoms with Gasteiger partial charge >= 0.3 is 11.5 Å². The fourth-order valence-electron chi connectivity index (χ4n) is 3.44. The standard InChI is InChI=1S/C23H20N4O6/c1-31-16-8-7-14(12-17(16)32-2)13-5-4-6-15(11-13)26-19-18(23(29)33-3)22(28)27(30)21-20(19)24-9-10-25-21/h4-12,26,30H,1-3H3. The van der Waals surface area contributed by atoms with E-state index in [-0.39, 0.29) is 21.6 Å². The summed E-state index contributed by atoms with van der Waals surface area (Å²) >= 11 is 0. The zero-order chi connectivity index (χ0) is 23.5. The van der Waals surface area contributed by atoms with E-state index in [1.54, 1.807) is 26.4 Å². The van der Waals surface area contributed by atoms with Gasteiger partial charge in [-0.15, -0.1) is 4.73 Å². The highest BCUT2D eigenvalue weighted by atomic mass is 16.5. The van der Waals surface area contributed by atoms with Crippen molar-refractivity contribution in [3.05, 3.63) is 70.8 Å². The lowest BCUT2D eigenvalue weighted by Gasteiger charge is -2.15. The lowest BCUT2D eigenvalue weighted by atomic mass is 10.0. The third-order valence-corrected chi connectivity index (χ3v) is 5.01. The minimum Gasteiger partial charge on any atom is -0.493 e. The van der Waals surface area contributed by atoms with Crippen LogP contribution in [0.1, 0.15) is 10.4 Å². The van der Waals surface area contributed by atoms with Gasteiger partial charge in [-0.05, 0) is 35.4 Å². The van der Waals surface area contributed by atoms with E-state index in [2.05, 4.69) is 15.3 Å². The zero-order valence-corrected chi connectivity index (χ0v) is 18.0. The van der Waals surface area contributed by atoms with Gasteiger partial charge in [0, 0.05) is 18.1 Å². The molecule has 0 aliphatic carbocycles. The number of carbonyl (C=O) groups is 1.